The smallest absolute Gasteiger partial charge is 0.341 e. The minimum Gasteiger partial charge on any atom is -0.465 e. The van der Waals surface area contributed by atoms with E-state index < -0.39 is 11.8 Å². The predicted molar refractivity (Wildman–Crippen MR) is 62.2 cm³/mol. The molecule has 0 saturated carbocycles. The number of methoxy groups -OCH3 is 1. The molecule has 0 atom stereocenters. The maximum absolute atomic E-state index is 13.5. The second-order valence-corrected chi connectivity index (χ2v) is 3.67. The third-order valence-electron chi connectivity index (χ3n) is 2.62. The molecule has 1 aromatic heterocycles. The number of nitrogens with zero attached hydrogens (tertiary/aromatic N) is 1. The molecule has 0 amide bonds. The second kappa shape index (κ2) is 4.01. The van der Waals surface area contributed by atoms with Crippen molar-refractivity contribution in [3.63, 3.8) is 0 Å². The summed E-state index contributed by atoms with van der Waals surface area (Å²) in [6.07, 6.45) is 1.23. The lowest BCUT2D eigenvalue weighted by Gasteiger charge is -2.09. The fraction of sp³-hybridized carbons (Fsp3) is 0.167. The summed E-state index contributed by atoms with van der Waals surface area (Å²) in [4.78, 5) is 15.4. The highest BCUT2D eigenvalue weighted by Gasteiger charge is 2.16. The molecule has 4 nitrogen and oxygen atoms in total. The SMILES string of the molecule is COC(=O)c1cnc2c(F)ccc(C)c2c1N. The Balaban J connectivity index is 2.84. The Morgan fingerprint density at radius 2 is 2.18 bits per heavy atom. The molecule has 0 bridgehead atoms. The summed E-state index contributed by atoms with van der Waals surface area (Å²) in [5.41, 5.74) is 7.12. The van der Waals surface area contributed by atoms with Gasteiger partial charge in [0.25, 0.3) is 0 Å². The number of ether oxygens (including phenoxy) is 1. The van der Waals surface area contributed by atoms with Gasteiger partial charge in [-0.3, -0.25) is 4.98 Å². The average molecular weight is 234 g/mol. The maximum Gasteiger partial charge on any atom is 0.341 e. The summed E-state index contributed by atoms with van der Waals surface area (Å²) in [5, 5.41) is 0.452. The van der Waals surface area contributed by atoms with Crippen LogP contribution >= 0.6 is 0 Å². The number of hydrogen-bond donors (Lipinski definition) is 1. The van der Waals surface area contributed by atoms with Gasteiger partial charge >= 0.3 is 5.97 Å². The van der Waals surface area contributed by atoms with Crippen LogP contribution in [0.5, 0.6) is 0 Å². The van der Waals surface area contributed by atoms with Gasteiger partial charge in [-0.1, -0.05) is 6.07 Å². The van der Waals surface area contributed by atoms with Crippen LogP contribution in [0.25, 0.3) is 10.9 Å². The van der Waals surface area contributed by atoms with Crippen molar-refractivity contribution in [1.29, 1.82) is 0 Å². The first-order valence-corrected chi connectivity index (χ1v) is 4.98. The Hall–Kier alpha value is -2.17. The number of aromatic nitrogens is 1. The van der Waals surface area contributed by atoms with E-state index in [-0.39, 0.29) is 16.8 Å². The van der Waals surface area contributed by atoms with Crippen molar-refractivity contribution in [3.05, 3.63) is 35.3 Å². The Morgan fingerprint density at radius 1 is 1.47 bits per heavy atom. The van der Waals surface area contributed by atoms with Gasteiger partial charge in [-0.05, 0) is 18.6 Å². The monoisotopic (exact) mass is 234 g/mol. The van der Waals surface area contributed by atoms with Crippen molar-refractivity contribution >= 4 is 22.6 Å². The van der Waals surface area contributed by atoms with Crippen LogP contribution < -0.4 is 5.73 Å². The van der Waals surface area contributed by atoms with Crippen LogP contribution in [0.4, 0.5) is 10.1 Å². The highest BCUT2D eigenvalue weighted by molar-refractivity contribution is 6.05. The van der Waals surface area contributed by atoms with Crippen LogP contribution in [-0.4, -0.2) is 18.1 Å². The molecule has 2 rings (SSSR count). The average Bonchev–Trinajstić information content (AvgIpc) is 2.33. The van der Waals surface area contributed by atoms with Crippen LogP contribution in [-0.2, 0) is 4.74 Å². The zero-order valence-corrected chi connectivity index (χ0v) is 9.45. The number of hydrogen-bond acceptors (Lipinski definition) is 4. The van der Waals surface area contributed by atoms with Crippen LogP contribution in [0.1, 0.15) is 15.9 Å². The highest BCUT2D eigenvalue weighted by atomic mass is 19.1. The number of benzene rings is 1. The fourth-order valence-corrected chi connectivity index (χ4v) is 1.74. The van der Waals surface area contributed by atoms with Gasteiger partial charge in [0.2, 0.25) is 0 Å². The van der Waals surface area contributed by atoms with Crippen molar-refractivity contribution < 1.29 is 13.9 Å². The molecule has 0 unspecified atom stereocenters. The van der Waals surface area contributed by atoms with Crippen LogP contribution in [0.3, 0.4) is 0 Å². The fourth-order valence-electron chi connectivity index (χ4n) is 1.74. The van der Waals surface area contributed by atoms with E-state index in [2.05, 4.69) is 9.72 Å². The summed E-state index contributed by atoms with van der Waals surface area (Å²) in [6.45, 7) is 1.78. The van der Waals surface area contributed by atoms with Crippen LogP contribution in [0.15, 0.2) is 18.3 Å². The Labute approximate surface area is 97.2 Å². The maximum atomic E-state index is 13.5. The van der Waals surface area contributed by atoms with Gasteiger partial charge in [0.1, 0.15) is 16.9 Å². The molecule has 1 aromatic carbocycles. The molecule has 88 valence electrons. The number of halogens is 1. The van der Waals surface area contributed by atoms with Crippen molar-refractivity contribution in [2.24, 2.45) is 0 Å². The van der Waals surface area contributed by atoms with Gasteiger partial charge in [0, 0.05) is 11.6 Å². The summed E-state index contributed by atoms with van der Waals surface area (Å²) in [6, 6.07) is 2.92. The standard InChI is InChI=1S/C12H11FN2O2/c1-6-3-4-8(13)11-9(6)10(14)7(5-15-11)12(16)17-2/h3-5H,1-2H3,(H2,14,15). The van der Waals surface area contributed by atoms with E-state index in [4.69, 9.17) is 5.73 Å². The number of pyridine rings is 1. The van der Waals surface area contributed by atoms with Gasteiger partial charge < -0.3 is 10.5 Å². The van der Waals surface area contributed by atoms with E-state index in [1.54, 1.807) is 13.0 Å². The number of nitrogens with two attached hydrogens (primary N) is 1. The zero-order valence-electron chi connectivity index (χ0n) is 9.45. The Kier molecular flexibility index (Phi) is 2.67. The quantitative estimate of drug-likeness (QED) is 0.767. The van der Waals surface area contributed by atoms with Crippen molar-refractivity contribution in [2.75, 3.05) is 12.8 Å². The molecule has 0 aliphatic carbocycles. The van der Waals surface area contributed by atoms with Crippen molar-refractivity contribution in [2.45, 2.75) is 6.92 Å². The molecule has 2 aromatic rings. The summed E-state index contributed by atoms with van der Waals surface area (Å²) in [5.74, 6) is -1.05. The van der Waals surface area contributed by atoms with Gasteiger partial charge in [-0.15, -0.1) is 0 Å². The molecule has 2 N–H and O–H groups in total. The summed E-state index contributed by atoms with van der Waals surface area (Å²) < 4.78 is 18.1. The minimum atomic E-state index is -0.583. The van der Waals surface area contributed by atoms with Gasteiger partial charge in [0.05, 0.1) is 12.8 Å². The van der Waals surface area contributed by atoms with Crippen molar-refractivity contribution in [3.8, 4) is 0 Å². The number of carbonyl (C=O) groups excluding carboxylic acids is 1. The molecule has 0 aliphatic rings. The molecular weight excluding hydrogens is 223 g/mol. The lowest BCUT2D eigenvalue weighted by atomic mass is 10.0. The first-order chi connectivity index (χ1) is 8.06. The largest absolute Gasteiger partial charge is 0.465 e. The van der Waals surface area contributed by atoms with Crippen molar-refractivity contribution in [1.82, 2.24) is 4.98 Å². The zero-order chi connectivity index (χ0) is 12.6. The van der Waals surface area contributed by atoms with E-state index in [1.807, 2.05) is 0 Å². The number of carbonyl (C=O) groups is 1. The molecule has 0 saturated heterocycles. The van der Waals surface area contributed by atoms with E-state index >= 15 is 0 Å². The Bertz CT molecular complexity index is 611. The van der Waals surface area contributed by atoms with Gasteiger partial charge in [-0.2, -0.15) is 0 Å². The number of rotatable bonds is 1. The van der Waals surface area contributed by atoms with Gasteiger partial charge in [0.15, 0.2) is 0 Å². The third kappa shape index (κ3) is 1.69. The molecule has 1 heterocycles. The minimum absolute atomic E-state index is 0.147. The molecule has 0 fully saturated rings. The van der Waals surface area contributed by atoms with E-state index in [0.29, 0.717) is 5.39 Å². The number of anilines is 1. The van der Waals surface area contributed by atoms with Gasteiger partial charge in [-0.25, -0.2) is 9.18 Å². The lowest BCUT2D eigenvalue weighted by Crippen LogP contribution is -2.07. The highest BCUT2D eigenvalue weighted by Crippen LogP contribution is 2.28. The lowest BCUT2D eigenvalue weighted by molar-refractivity contribution is 0.0601. The second-order valence-electron chi connectivity index (χ2n) is 3.67. The van der Waals surface area contributed by atoms with E-state index in [0.717, 1.165) is 5.56 Å². The Morgan fingerprint density at radius 3 is 2.82 bits per heavy atom. The molecule has 0 spiro atoms. The first kappa shape index (κ1) is 11.3. The molecule has 17 heavy (non-hydrogen) atoms. The van der Waals surface area contributed by atoms with Crippen LogP contribution in [0.2, 0.25) is 0 Å². The molecule has 0 radical (unpaired) electrons. The third-order valence-corrected chi connectivity index (χ3v) is 2.62. The topological polar surface area (TPSA) is 65.2 Å². The summed E-state index contributed by atoms with van der Waals surface area (Å²) in [7, 11) is 1.25. The van der Waals surface area contributed by atoms with Crippen LogP contribution in [0, 0.1) is 12.7 Å². The first-order valence-electron chi connectivity index (χ1n) is 4.98. The number of fused-ring (bicyclic) bond motifs is 1. The molecule has 5 heteroatoms. The van der Waals surface area contributed by atoms with E-state index in [9.17, 15) is 9.18 Å². The normalized spacial score (nSPS) is 10.5. The number of aryl methyl sites for hydroxylation is 1. The van der Waals surface area contributed by atoms with E-state index in [1.165, 1.54) is 19.4 Å². The number of esters is 1. The number of nitrogen functional groups attached to an aromatic ring is 1. The molecule has 0 aliphatic heterocycles. The molecular formula is C12H11FN2O2. The summed E-state index contributed by atoms with van der Waals surface area (Å²) >= 11 is 0. The predicted octanol–water partition coefficient (Wildman–Crippen LogP) is 2.05.